The summed E-state index contributed by atoms with van der Waals surface area (Å²) in [5.74, 6) is 0.343. The number of ether oxygens (including phenoxy) is 1. The molecule has 2 rings (SSSR count). The number of likely N-dealkylation sites (tertiary alicyclic amines) is 1. The number of carbonyl (C=O) groups is 1. The molecule has 1 heterocycles. The quantitative estimate of drug-likeness (QED) is 0.874. The van der Waals surface area contributed by atoms with Gasteiger partial charge in [0.15, 0.2) is 0 Å². The second kappa shape index (κ2) is 6.03. The molecule has 21 heavy (non-hydrogen) atoms. The zero-order chi connectivity index (χ0) is 15.6. The van der Waals surface area contributed by atoms with E-state index in [2.05, 4.69) is 0 Å². The molecule has 7 heteroatoms. The van der Waals surface area contributed by atoms with Crippen molar-refractivity contribution in [3.8, 4) is 5.75 Å². The first-order valence-electron chi connectivity index (χ1n) is 6.74. The van der Waals surface area contributed by atoms with Gasteiger partial charge in [0.2, 0.25) is 15.9 Å². The summed E-state index contributed by atoms with van der Waals surface area (Å²) in [5.41, 5.74) is 0.986. The van der Waals surface area contributed by atoms with Crippen molar-refractivity contribution in [1.29, 1.82) is 0 Å². The molecule has 1 amide bonds. The molecule has 6 nitrogen and oxygen atoms in total. The Hall–Kier alpha value is -1.60. The Labute approximate surface area is 124 Å². The van der Waals surface area contributed by atoms with E-state index in [0.29, 0.717) is 6.54 Å². The first-order valence-corrected chi connectivity index (χ1v) is 8.45. The number of primary sulfonamides is 1. The molecule has 1 unspecified atom stereocenters. The Kier molecular flexibility index (Phi) is 4.53. The molecule has 1 aliphatic rings. The Morgan fingerprint density at radius 2 is 2.00 bits per heavy atom. The molecule has 1 aromatic rings. The maximum absolute atomic E-state index is 12.1. The predicted molar refractivity (Wildman–Crippen MR) is 79.2 cm³/mol. The molecule has 0 aliphatic carbocycles. The molecular weight excluding hydrogens is 292 g/mol. The Bertz CT molecular complexity index is 612. The number of nitrogens with zero attached hydrogens (tertiary/aromatic N) is 1. The van der Waals surface area contributed by atoms with E-state index < -0.39 is 10.0 Å². The average Bonchev–Trinajstić information content (AvgIpc) is 2.76. The summed E-state index contributed by atoms with van der Waals surface area (Å²) in [7, 11) is -1.95. The second-order valence-corrected chi connectivity index (χ2v) is 7.05. The third-order valence-electron chi connectivity index (χ3n) is 3.77. The van der Waals surface area contributed by atoms with Crippen molar-refractivity contribution in [2.75, 3.05) is 19.4 Å². The van der Waals surface area contributed by atoms with E-state index in [1.807, 2.05) is 31.2 Å². The fourth-order valence-electron chi connectivity index (χ4n) is 2.69. The van der Waals surface area contributed by atoms with E-state index >= 15 is 0 Å². The van der Waals surface area contributed by atoms with Crippen LogP contribution in [-0.2, 0) is 14.8 Å². The van der Waals surface area contributed by atoms with Gasteiger partial charge in [0.25, 0.3) is 0 Å². The number of nitrogens with two attached hydrogens (primary N) is 1. The standard InChI is InChI=1S/C14H20N2O4S/c1-10(12-3-5-13(20-2)6-4-12)16-8-11(7-14(16)17)9-21(15,18)19/h3-6,10-11H,7-9H2,1-2H3,(H2,15,18,19)/t10-,11?/m0/s1. The van der Waals surface area contributed by atoms with Crippen molar-refractivity contribution in [3.63, 3.8) is 0 Å². The number of hydrogen-bond acceptors (Lipinski definition) is 4. The van der Waals surface area contributed by atoms with Crippen LogP contribution < -0.4 is 9.88 Å². The average molecular weight is 312 g/mol. The van der Waals surface area contributed by atoms with Crippen molar-refractivity contribution in [2.24, 2.45) is 11.1 Å². The van der Waals surface area contributed by atoms with E-state index in [-0.39, 0.29) is 30.0 Å². The molecule has 0 spiro atoms. The van der Waals surface area contributed by atoms with Crippen LogP contribution in [0.5, 0.6) is 5.75 Å². The maximum atomic E-state index is 12.1. The van der Waals surface area contributed by atoms with Crippen molar-refractivity contribution in [3.05, 3.63) is 29.8 Å². The molecule has 2 N–H and O–H groups in total. The number of amides is 1. The lowest BCUT2D eigenvalue weighted by Crippen LogP contribution is -2.30. The van der Waals surface area contributed by atoms with Gasteiger partial charge in [-0.05, 0) is 24.6 Å². The molecule has 1 aromatic carbocycles. The summed E-state index contributed by atoms with van der Waals surface area (Å²) in [6, 6.07) is 7.39. The van der Waals surface area contributed by atoms with Crippen molar-refractivity contribution in [1.82, 2.24) is 4.90 Å². The first kappa shape index (κ1) is 15.8. The highest BCUT2D eigenvalue weighted by molar-refractivity contribution is 7.89. The van der Waals surface area contributed by atoms with E-state index in [9.17, 15) is 13.2 Å². The summed E-state index contributed by atoms with van der Waals surface area (Å²) < 4.78 is 27.4. The normalized spacial score (nSPS) is 20.6. The predicted octanol–water partition coefficient (Wildman–Crippen LogP) is 0.893. The van der Waals surface area contributed by atoms with Gasteiger partial charge in [-0.3, -0.25) is 4.79 Å². The number of benzene rings is 1. The van der Waals surface area contributed by atoms with Crippen LogP contribution in [0.3, 0.4) is 0 Å². The van der Waals surface area contributed by atoms with Gasteiger partial charge in [-0.25, -0.2) is 13.6 Å². The highest BCUT2D eigenvalue weighted by atomic mass is 32.2. The van der Waals surface area contributed by atoms with Gasteiger partial charge in [0.1, 0.15) is 5.75 Å². The van der Waals surface area contributed by atoms with Crippen LogP contribution in [0.25, 0.3) is 0 Å². The van der Waals surface area contributed by atoms with Crippen LogP contribution in [-0.4, -0.2) is 38.6 Å². The van der Waals surface area contributed by atoms with Crippen LogP contribution in [0.15, 0.2) is 24.3 Å². The maximum Gasteiger partial charge on any atom is 0.223 e. The van der Waals surface area contributed by atoms with Gasteiger partial charge in [-0.1, -0.05) is 12.1 Å². The Balaban J connectivity index is 2.08. The van der Waals surface area contributed by atoms with Gasteiger partial charge in [-0.15, -0.1) is 0 Å². The number of carbonyl (C=O) groups excluding carboxylic acids is 1. The number of hydrogen-bond donors (Lipinski definition) is 1. The topological polar surface area (TPSA) is 89.7 Å². The highest BCUT2D eigenvalue weighted by Crippen LogP contribution is 2.29. The Morgan fingerprint density at radius 3 is 2.52 bits per heavy atom. The molecule has 0 aromatic heterocycles. The van der Waals surface area contributed by atoms with Crippen molar-refractivity contribution < 1.29 is 17.9 Å². The van der Waals surface area contributed by atoms with Gasteiger partial charge < -0.3 is 9.64 Å². The zero-order valence-electron chi connectivity index (χ0n) is 12.2. The lowest BCUT2D eigenvalue weighted by molar-refractivity contribution is -0.129. The van der Waals surface area contributed by atoms with E-state index in [1.165, 1.54) is 0 Å². The lowest BCUT2D eigenvalue weighted by Gasteiger charge is -2.25. The van der Waals surface area contributed by atoms with Gasteiger partial charge in [-0.2, -0.15) is 0 Å². The first-order chi connectivity index (χ1) is 9.80. The SMILES string of the molecule is COc1ccc([C@H](C)N2CC(CS(N)(=O)=O)CC2=O)cc1. The molecule has 0 saturated carbocycles. The monoisotopic (exact) mass is 312 g/mol. The summed E-state index contributed by atoms with van der Waals surface area (Å²) in [6.07, 6.45) is 0.233. The van der Waals surface area contributed by atoms with Crippen molar-refractivity contribution >= 4 is 15.9 Å². The molecular formula is C14H20N2O4S. The molecule has 1 fully saturated rings. The fraction of sp³-hybridized carbons (Fsp3) is 0.500. The summed E-state index contributed by atoms with van der Waals surface area (Å²) in [6.45, 7) is 2.35. The van der Waals surface area contributed by atoms with Crippen molar-refractivity contribution in [2.45, 2.75) is 19.4 Å². The number of rotatable bonds is 5. The number of methoxy groups -OCH3 is 1. The minimum Gasteiger partial charge on any atom is -0.497 e. The van der Waals surface area contributed by atoms with Gasteiger partial charge in [0.05, 0.1) is 18.9 Å². The van der Waals surface area contributed by atoms with Crippen LogP contribution in [0.2, 0.25) is 0 Å². The highest BCUT2D eigenvalue weighted by Gasteiger charge is 2.34. The van der Waals surface area contributed by atoms with Crippen LogP contribution in [0.4, 0.5) is 0 Å². The van der Waals surface area contributed by atoms with Crippen LogP contribution in [0.1, 0.15) is 24.9 Å². The largest absolute Gasteiger partial charge is 0.497 e. The zero-order valence-corrected chi connectivity index (χ0v) is 13.0. The summed E-state index contributed by atoms with van der Waals surface area (Å²) >= 11 is 0. The molecule has 1 saturated heterocycles. The summed E-state index contributed by atoms with van der Waals surface area (Å²) in [4.78, 5) is 13.8. The van der Waals surface area contributed by atoms with E-state index in [0.717, 1.165) is 11.3 Å². The third kappa shape index (κ3) is 3.95. The molecule has 1 aliphatic heterocycles. The van der Waals surface area contributed by atoms with E-state index in [1.54, 1.807) is 12.0 Å². The lowest BCUT2D eigenvalue weighted by atomic mass is 10.1. The smallest absolute Gasteiger partial charge is 0.223 e. The van der Waals surface area contributed by atoms with Crippen LogP contribution in [0, 0.1) is 5.92 Å². The third-order valence-corrected chi connectivity index (χ3v) is 4.71. The van der Waals surface area contributed by atoms with Gasteiger partial charge in [0, 0.05) is 18.9 Å². The molecule has 2 atom stereocenters. The minimum absolute atomic E-state index is 0.0352. The molecule has 0 bridgehead atoms. The summed E-state index contributed by atoms with van der Waals surface area (Å²) in [5, 5.41) is 5.05. The van der Waals surface area contributed by atoms with E-state index in [4.69, 9.17) is 9.88 Å². The van der Waals surface area contributed by atoms with Crippen LogP contribution >= 0.6 is 0 Å². The number of sulfonamides is 1. The molecule has 0 radical (unpaired) electrons. The second-order valence-electron chi connectivity index (χ2n) is 5.39. The fourth-order valence-corrected chi connectivity index (χ4v) is 3.57. The molecule has 116 valence electrons. The van der Waals surface area contributed by atoms with Gasteiger partial charge >= 0.3 is 0 Å². The minimum atomic E-state index is -3.55. The Morgan fingerprint density at radius 1 is 1.38 bits per heavy atom.